The Hall–Kier alpha value is 0.310. The Bertz CT molecular complexity index is 78.8. The van der Waals surface area contributed by atoms with Gasteiger partial charge in [-0.2, -0.15) is 0 Å². The molecule has 0 bridgehead atoms. The highest BCUT2D eigenvalue weighted by molar-refractivity contribution is 7.18. The summed E-state index contributed by atoms with van der Waals surface area (Å²) in [6, 6.07) is 0. The molecule has 0 radical (unpaired) electrons. The molecule has 56 valence electrons. The minimum absolute atomic E-state index is 0.399. The van der Waals surface area contributed by atoms with Crippen molar-refractivity contribution in [3.8, 4) is 0 Å². The third-order valence-electron chi connectivity index (χ3n) is 1.05. The lowest BCUT2D eigenvalue weighted by Crippen LogP contribution is -2.35. The second kappa shape index (κ2) is 3.47. The summed E-state index contributed by atoms with van der Waals surface area (Å²) in [6.45, 7) is 1.86. The van der Waals surface area contributed by atoms with Gasteiger partial charge in [0.25, 0.3) is 0 Å². The highest BCUT2D eigenvalue weighted by Crippen LogP contribution is 2.18. The second-order valence-electron chi connectivity index (χ2n) is 2.09. The monoisotopic (exact) mass is 152 g/mol. The first-order chi connectivity index (χ1) is 3.98. The zero-order valence-electron chi connectivity index (χ0n) is 5.41. The molecule has 0 aliphatic heterocycles. The quantitative estimate of drug-likeness (QED) is 0.383. The highest BCUT2D eigenvalue weighted by atomic mass is 31.0. The number of rotatable bonds is 3. The summed E-state index contributed by atoms with van der Waals surface area (Å²) < 4.78 is 0. The van der Waals surface area contributed by atoms with Crippen LogP contribution < -0.4 is 0 Å². The van der Waals surface area contributed by atoms with Gasteiger partial charge in [0.2, 0.25) is 5.53 Å². The van der Waals surface area contributed by atoms with Crippen LogP contribution in [0.2, 0.25) is 0 Å². The van der Waals surface area contributed by atoms with E-state index in [4.69, 9.17) is 15.3 Å². The molecule has 0 aliphatic rings. The standard InChI is InChI=1S/C5H13O3P/c1-2-3-4(6)5(7,8)9/h4,6-8H,2-3,9H2,1H3. The number of hydrogen-bond donors (Lipinski definition) is 3. The van der Waals surface area contributed by atoms with E-state index in [1.165, 1.54) is 0 Å². The van der Waals surface area contributed by atoms with E-state index in [0.29, 0.717) is 6.42 Å². The lowest BCUT2D eigenvalue weighted by atomic mass is 10.2. The number of aliphatic hydroxyl groups is 3. The van der Waals surface area contributed by atoms with Crippen molar-refractivity contribution in [2.45, 2.75) is 31.4 Å². The van der Waals surface area contributed by atoms with Crippen molar-refractivity contribution in [2.24, 2.45) is 0 Å². The van der Waals surface area contributed by atoms with Crippen LogP contribution in [0.4, 0.5) is 0 Å². The van der Waals surface area contributed by atoms with Crippen LogP contribution in [-0.2, 0) is 0 Å². The largest absolute Gasteiger partial charge is 0.387 e. The van der Waals surface area contributed by atoms with Crippen molar-refractivity contribution in [1.82, 2.24) is 0 Å². The van der Waals surface area contributed by atoms with Crippen LogP contribution in [-0.4, -0.2) is 27.0 Å². The maximum Gasteiger partial charge on any atom is 0.202 e. The van der Waals surface area contributed by atoms with Crippen LogP contribution in [0.25, 0.3) is 0 Å². The first kappa shape index (κ1) is 9.31. The Morgan fingerprint density at radius 3 is 2.11 bits per heavy atom. The Morgan fingerprint density at radius 2 is 2.00 bits per heavy atom. The molecule has 0 amide bonds. The molecule has 2 atom stereocenters. The van der Waals surface area contributed by atoms with Crippen LogP contribution in [0, 0.1) is 0 Å². The van der Waals surface area contributed by atoms with Crippen LogP contribution >= 0.6 is 9.24 Å². The molecule has 0 aromatic rings. The Morgan fingerprint density at radius 1 is 1.56 bits per heavy atom. The summed E-state index contributed by atoms with van der Waals surface area (Å²) in [4.78, 5) is 0. The van der Waals surface area contributed by atoms with Crippen molar-refractivity contribution in [3.05, 3.63) is 0 Å². The van der Waals surface area contributed by atoms with Gasteiger partial charge in [0, 0.05) is 0 Å². The average Bonchev–Trinajstić information content (AvgIpc) is 1.64. The molecule has 0 aromatic heterocycles. The predicted molar refractivity (Wildman–Crippen MR) is 37.8 cm³/mol. The molecule has 0 saturated carbocycles. The van der Waals surface area contributed by atoms with Gasteiger partial charge >= 0.3 is 0 Å². The normalized spacial score (nSPS) is 15.7. The maximum absolute atomic E-state index is 8.86. The highest BCUT2D eigenvalue weighted by Gasteiger charge is 2.25. The minimum Gasteiger partial charge on any atom is -0.387 e. The first-order valence-corrected chi connectivity index (χ1v) is 3.48. The SMILES string of the molecule is CCCC(O)C(O)(O)P. The summed E-state index contributed by atoms with van der Waals surface area (Å²) in [6.07, 6.45) is 0.0714. The molecule has 0 rings (SSSR count). The van der Waals surface area contributed by atoms with Crippen molar-refractivity contribution in [3.63, 3.8) is 0 Å². The molecule has 0 heterocycles. The molecule has 3 N–H and O–H groups in total. The fourth-order valence-electron chi connectivity index (χ4n) is 0.486. The van der Waals surface area contributed by atoms with Crippen LogP contribution in [0.15, 0.2) is 0 Å². The Balaban J connectivity index is 3.59. The van der Waals surface area contributed by atoms with Gasteiger partial charge in [0.05, 0.1) is 0 Å². The number of aliphatic hydroxyl groups excluding tert-OH is 1. The molecule has 0 saturated heterocycles. The van der Waals surface area contributed by atoms with Crippen LogP contribution in [0.3, 0.4) is 0 Å². The average molecular weight is 152 g/mol. The van der Waals surface area contributed by atoms with E-state index in [1.54, 1.807) is 9.24 Å². The van der Waals surface area contributed by atoms with E-state index in [2.05, 4.69) is 0 Å². The second-order valence-corrected chi connectivity index (χ2v) is 2.94. The van der Waals surface area contributed by atoms with Gasteiger partial charge in [-0.25, -0.2) is 0 Å². The summed E-state index contributed by atoms with van der Waals surface area (Å²) in [5.41, 5.74) is -2.02. The fourth-order valence-corrected chi connectivity index (χ4v) is 0.653. The summed E-state index contributed by atoms with van der Waals surface area (Å²) in [5, 5.41) is 26.2. The van der Waals surface area contributed by atoms with Gasteiger partial charge in [-0.3, -0.25) is 0 Å². The van der Waals surface area contributed by atoms with Gasteiger partial charge in [-0.05, 0) is 6.42 Å². The molecule has 4 heteroatoms. The third-order valence-corrected chi connectivity index (χ3v) is 1.44. The molecular formula is C5H13O3P. The smallest absolute Gasteiger partial charge is 0.202 e. The third kappa shape index (κ3) is 3.82. The van der Waals surface area contributed by atoms with E-state index >= 15 is 0 Å². The van der Waals surface area contributed by atoms with E-state index in [1.807, 2.05) is 6.92 Å². The molecule has 0 aliphatic carbocycles. The van der Waals surface area contributed by atoms with Crippen molar-refractivity contribution >= 4 is 9.24 Å². The van der Waals surface area contributed by atoms with Crippen LogP contribution in [0.5, 0.6) is 0 Å². The van der Waals surface area contributed by atoms with Crippen molar-refractivity contribution in [2.75, 3.05) is 0 Å². The molecule has 0 aromatic carbocycles. The fraction of sp³-hybridized carbons (Fsp3) is 1.00. The van der Waals surface area contributed by atoms with Gasteiger partial charge < -0.3 is 15.3 Å². The summed E-state index contributed by atoms with van der Waals surface area (Å²) >= 11 is 0. The topological polar surface area (TPSA) is 60.7 Å². The minimum atomic E-state index is -2.02. The molecule has 0 spiro atoms. The van der Waals surface area contributed by atoms with Gasteiger partial charge in [0.1, 0.15) is 6.10 Å². The van der Waals surface area contributed by atoms with E-state index in [9.17, 15) is 0 Å². The van der Waals surface area contributed by atoms with Crippen molar-refractivity contribution in [1.29, 1.82) is 0 Å². The Kier molecular flexibility index (Phi) is 3.59. The molecule has 9 heavy (non-hydrogen) atoms. The zero-order chi connectivity index (χ0) is 7.49. The molecule has 0 fully saturated rings. The van der Waals surface area contributed by atoms with E-state index in [0.717, 1.165) is 6.42 Å². The lowest BCUT2D eigenvalue weighted by Gasteiger charge is -2.21. The Labute approximate surface area is 56.9 Å². The predicted octanol–water partition coefficient (Wildman–Crippen LogP) is -0.339. The van der Waals surface area contributed by atoms with E-state index < -0.39 is 11.6 Å². The van der Waals surface area contributed by atoms with Crippen molar-refractivity contribution < 1.29 is 15.3 Å². The summed E-state index contributed by atoms with van der Waals surface area (Å²) in [7, 11) is 1.77. The molecular weight excluding hydrogens is 139 g/mol. The van der Waals surface area contributed by atoms with Gasteiger partial charge in [-0.15, -0.1) is 0 Å². The van der Waals surface area contributed by atoms with Crippen LogP contribution in [0.1, 0.15) is 19.8 Å². The number of hydrogen-bond acceptors (Lipinski definition) is 3. The summed E-state index contributed by atoms with van der Waals surface area (Å²) in [5.74, 6) is 0. The lowest BCUT2D eigenvalue weighted by molar-refractivity contribution is -0.155. The molecule has 2 unspecified atom stereocenters. The van der Waals surface area contributed by atoms with Gasteiger partial charge in [0.15, 0.2) is 0 Å². The maximum atomic E-state index is 8.86. The molecule has 3 nitrogen and oxygen atoms in total. The zero-order valence-corrected chi connectivity index (χ0v) is 6.57. The first-order valence-electron chi connectivity index (χ1n) is 2.90. The van der Waals surface area contributed by atoms with Gasteiger partial charge in [-0.1, -0.05) is 22.6 Å². The van der Waals surface area contributed by atoms with E-state index in [-0.39, 0.29) is 0 Å².